The molecule has 0 atom stereocenters. The number of aliphatic hydroxyl groups is 1. The van der Waals surface area contributed by atoms with Gasteiger partial charge >= 0.3 is 0 Å². The lowest BCUT2D eigenvalue weighted by Crippen LogP contribution is -2.01. The second-order valence-electron chi connectivity index (χ2n) is 6.81. The van der Waals surface area contributed by atoms with E-state index in [0.29, 0.717) is 13.0 Å². The Morgan fingerprint density at radius 2 is 1.39 bits per heavy atom. The Morgan fingerprint density at radius 3 is 2.00 bits per heavy atom. The molecule has 0 spiro atoms. The van der Waals surface area contributed by atoms with Crippen LogP contribution in [0.4, 0.5) is 0 Å². The summed E-state index contributed by atoms with van der Waals surface area (Å²) in [5.74, 6) is 0.839. The normalized spacial score (nSPS) is 11.8. The van der Waals surface area contributed by atoms with E-state index in [0.717, 1.165) is 18.6 Å². The van der Waals surface area contributed by atoms with Gasteiger partial charge in [0.2, 0.25) is 0 Å². The van der Waals surface area contributed by atoms with E-state index in [1.165, 1.54) is 27.8 Å². The number of ether oxygens (including phenoxy) is 1. The Hall–Kier alpha value is -2.84. The lowest BCUT2D eigenvalue weighted by molar-refractivity contribution is 0.233. The summed E-state index contributed by atoms with van der Waals surface area (Å²) in [6.45, 7) is 2.91. The molecular formula is C26H28O2. The van der Waals surface area contributed by atoms with Crippen LogP contribution in [0.3, 0.4) is 0 Å². The predicted octanol–water partition coefficient (Wildman–Crippen LogP) is 5.90. The van der Waals surface area contributed by atoms with Gasteiger partial charge in [-0.1, -0.05) is 85.3 Å². The minimum Gasteiger partial charge on any atom is -0.494 e. The summed E-state index contributed by atoms with van der Waals surface area (Å²) in [5, 5.41) is 8.91. The zero-order valence-electron chi connectivity index (χ0n) is 16.5. The van der Waals surface area contributed by atoms with Gasteiger partial charge in [-0.2, -0.15) is 0 Å². The van der Waals surface area contributed by atoms with Crippen LogP contribution >= 0.6 is 0 Å². The third kappa shape index (κ3) is 5.34. The summed E-state index contributed by atoms with van der Waals surface area (Å²) >= 11 is 0. The van der Waals surface area contributed by atoms with Crippen molar-refractivity contribution in [2.75, 3.05) is 13.2 Å². The van der Waals surface area contributed by atoms with Gasteiger partial charge < -0.3 is 9.84 Å². The number of aliphatic hydroxyl groups excluding tert-OH is 1. The Bertz CT molecular complexity index is 865. The van der Waals surface area contributed by atoms with Crippen molar-refractivity contribution >= 4 is 5.57 Å². The van der Waals surface area contributed by atoms with Crippen molar-refractivity contribution in [1.29, 1.82) is 0 Å². The van der Waals surface area contributed by atoms with Crippen LogP contribution in [-0.4, -0.2) is 18.3 Å². The van der Waals surface area contributed by atoms with E-state index in [2.05, 4.69) is 79.7 Å². The van der Waals surface area contributed by atoms with Crippen molar-refractivity contribution in [3.05, 3.63) is 107 Å². The Balaban J connectivity index is 1.97. The number of rotatable bonds is 9. The molecule has 3 aromatic carbocycles. The zero-order chi connectivity index (χ0) is 19.6. The molecule has 0 aromatic heterocycles. The molecule has 0 heterocycles. The van der Waals surface area contributed by atoms with E-state index in [9.17, 15) is 0 Å². The molecule has 0 saturated heterocycles. The van der Waals surface area contributed by atoms with Gasteiger partial charge in [0.05, 0.1) is 6.61 Å². The van der Waals surface area contributed by atoms with E-state index >= 15 is 0 Å². The molecule has 0 saturated carbocycles. The highest BCUT2D eigenvalue weighted by atomic mass is 16.5. The van der Waals surface area contributed by atoms with Gasteiger partial charge in [0.15, 0.2) is 0 Å². The molecule has 0 unspecified atom stereocenters. The smallest absolute Gasteiger partial charge is 0.119 e. The summed E-state index contributed by atoms with van der Waals surface area (Å²) in [6.07, 6.45) is 2.58. The van der Waals surface area contributed by atoms with E-state index in [1.807, 2.05) is 12.1 Å². The monoisotopic (exact) mass is 372 g/mol. The van der Waals surface area contributed by atoms with Crippen LogP contribution < -0.4 is 4.74 Å². The van der Waals surface area contributed by atoms with Crippen LogP contribution in [0.5, 0.6) is 5.75 Å². The first-order valence-corrected chi connectivity index (χ1v) is 9.97. The van der Waals surface area contributed by atoms with E-state index in [1.54, 1.807) is 0 Å². The van der Waals surface area contributed by atoms with Crippen LogP contribution in [-0.2, 0) is 6.42 Å². The fourth-order valence-corrected chi connectivity index (χ4v) is 3.38. The molecule has 28 heavy (non-hydrogen) atoms. The lowest BCUT2D eigenvalue weighted by Gasteiger charge is -2.17. The summed E-state index contributed by atoms with van der Waals surface area (Å²) in [6, 6.07) is 29.6. The van der Waals surface area contributed by atoms with Crippen LogP contribution in [0.2, 0.25) is 0 Å². The van der Waals surface area contributed by atoms with Crippen molar-refractivity contribution in [3.63, 3.8) is 0 Å². The summed E-state index contributed by atoms with van der Waals surface area (Å²) in [7, 11) is 0. The van der Waals surface area contributed by atoms with Crippen LogP contribution in [0.1, 0.15) is 36.5 Å². The van der Waals surface area contributed by atoms with Crippen molar-refractivity contribution < 1.29 is 9.84 Å². The topological polar surface area (TPSA) is 29.5 Å². The molecule has 0 aliphatic heterocycles. The Labute approximate surface area is 168 Å². The average molecular weight is 373 g/mol. The fraction of sp³-hybridized carbons (Fsp3) is 0.231. The molecule has 0 bridgehead atoms. The molecule has 0 fully saturated rings. The molecule has 0 radical (unpaired) electrons. The maximum atomic E-state index is 8.91. The minimum absolute atomic E-state index is 0.151. The molecule has 0 aliphatic carbocycles. The van der Waals surface area contributed by atoms with Gasteiger partial charge in [0.25, 0.3) is 0 Å². The number of hydrogen-bond acceptors (Lipinski definition) is 2. The van der Waals surface area contributed by atoms with Crippen LogP contribution in [0.15, 0.2) is 90.5 Å². The summed E-state index contributed by atoms with van der Waals surface area (Å²) in [4.78, 5) is 0. The van der Waals surface area contributed by atoms with Gasteiger partial charge in [0.1, 0.15) is 5.75 Å². The minimum atomic E-state index is 0.151. The predicted molar refractivity (Wildman–Crippen MR) is 117 cm³/mol. The number of benzene rings is 3. The Kier molecular flexibility index (Phi) is 7.45. The first-order chi connectivity index (χ1) is 13.8. The fourth-order valence-electron chi connectivity index (χ4n) is 3.38. The molecule has 0 aliphatic rings. The molecule has 2 nitrogen and oxygen atoms in total. The Morgan fingerprint density at radius 1 is 0.786 bits per heavy atom. The molecule has 3 aromatic rings. The van der Waals surface area contributed by atoms with E-state index in [-0.39, 0.29) is 6.61 Å². The SMILES string of the molecule is CC/C(Cc1ccccc1)=C(\c1ccccc1)c1ccc(OCCCO)cc1. The van der Waals surface area contributed by atoms with Crippen molar-refractivity contribution in [2.24, 2.45) is 0 Å². The molecular weight excluding hydrogens is 344 g/mol. The summed E-state index contributed by atoms with van der Waals surface area (Å²) < 4.78 is 5.69. The largest absolute Gasteiger partial charge is 0.494 e. The second kappa shape index (κ2) is 10.5. The summed E-state index contributed by atoms with van der Waals surface area (Å²) in [5.41, 5.74) is 6.50. The van der Waals surface area contributed by atoms with Crippen molar-refractivity contribution in [2.45, 2.75) is 26.2 Å². The van der Waals surface area contributed by atoms with E-state index < -0.39 is 0 Å². The third-order valence-corrected chi connectivity index (χ3v) is 4.82. The molecule has 3 rings (SSSR count). The first kappa shape index (κ1) is 19.9. The van der Waals surface area contributed by atoms with Gasteiger partial charge in [-0.05, 0) is 47.2 Å². The number of allylic oxidation sites excluding steroid dienone is 1. The van der Waals surface area contributed by atoms with Gasteiger partial charge in [-0.15, -0.1) is 0 Å². The van der Waals surface area contributed by atoms with Gasteiger partial charge in [-0.3, -0.25) is 0 Å². The lowest BCUT2D eigenvalue weighted by atomic mass is 9.88. The van der Waals surface area contributed by atoms with Crippen molar-refractivity contribution in [1.82, 2.24) is 0 Å². The van der Waals surface area contributed by atoms with Crippen LogP contribution in [0.25, 0.3) is 5.57 Å². The maximum Gasteiger partial charge on any atom is 0.119 e. The highest BCUT2D eigenvalue weighted by Crippen LogP contribution is 2.31. The maximum absolute atomic E-state index is 8.91. The van der Waals surface area contributed by atoms with Crippen molar-refractivity contribution in [3.8, 4) is 5.75 Å². The molecule has 144 valence electrons. The van der Waals surface area contributed by atoms with Gasteiger partial charge in [0, 0.05) is 13.0 Å². The van der Waals surface area contributed by atoms with E-state index in [4.69, 9.17) is 9.84 Å². The zero-order valence-corrected chi connectivity index (χ0v) is 16.5. The first-order valence-electron chi connectivity index (χ1n) is 9.97. The van der Waals surface area contributed by atoms with Gasteiger partial charge in [-0.25, -0.2) is 0 Å². The quantitative estimate of drug-likeness (QED) is 0.474. The second-order valence-corrected chi connectivity index (χ2v) is 6.81. The highest BCUT2D eigenvalue weighted by Gasteiger charge is 2.12. The molecule has 2 heteroatoms. The standard InChI is InChI=1S/C26H28O2/c1-2-22(20-21-10-5-3-6-11-21)26(23-12-7-4-8-13-23)24-14-16-25(17-15-24)28-19-9-18-27/h3-8,10-17,27H,2,9,18-20H2,1H3/b26-22-. The highest BCUT2D eigenvalue weighted by molar-refractivity contribution is 5.82. The van der Waals surface area contributed by atoms with Crippen LogP contribution in [0, 0.1) is 0 Å². The average Bonchev–Trinajstić information content (AvgIpc) is 2.76. The molecule has 1 N–H and O–H groups in total. The molecule has 0 amide bonds. The third-order valence-electron chi connectivity index (χ3n) is 4.82. The number of hydrogen-bond donors (Lipinski definition) is 1.